The van der Waals surface area contributed by atoms with Crippen LogP contribution >= 0.6 is 33.6 Å². The molecule has 2 N–H and O–H groups in total. The molecule has 0 aliphatic carbocycles. The van der Waals surface area contributed by atoms with Crippen LogP contribution in [0.25, 0.3) is 0 Å². The van der Waals surface area contributed by atoms with Crippen LogP contribution in [0.1, 0.15) is 142 Å². The van der Waals surface area contributed by atoms with E-state index in [0.29, 0.717) is 12.1 Å². The van der Waals surface area contributed by atoms with E-state index in [2.05, 4.69) is 24.0 Å². The summed E-state index contributed by atoms with van der Waals surface area (Å²) in [6.07, 6.45) is 24.9. The molecule has 6 nitrogen and oxygen atoms in total. The third kappa shape index (κ3) is 21.0. The van der Waals surface area contributed by atoms with Crippen molar-refractivity contribution < 1.29 is 17.7 Å². The van der Waals surface area contributed by atoms with Crippen LogP contribution < -0.4 is 10.2 Å². The summed E-state index contributed by atoms with van der Waals surface area (Å²) in [5.74, 6) is 1.05. The number of para-hydroxylation sites is 2. The summed E-state index contributed by atoms with van der Waals surface area (Å²) in [6.45, 7) is 4.50. The normalized spacial score (nSPS) is 11.6. The quantitative estimate of drug-likeness (QED) is 0.0263. The molecule has 2 rings (SSSR count). The highest BCUT2D eigenvalue weighted by molar-refractivity contribution is 8.76. The first-order valence-electron chi connectivity index (χ1n) is 17.8. The minimum Gasteiger partial charge on any atom is -0.282 e. The van der Waals surface area contributed by atoms with Gasteiger partial charge in [0.2, 0.25) is 10.0 Å². The van der Waals surface area contributed by atoms with E-state index >= 15 is 0 Å². The summed E-state index contributed by atoms with van der Waals surface area (Å²) >= 11 is 1.32. The Bertz CT molecular complexity index is 1120. The average molecular weight is 713 g/mol. The lowest BCUT2D eigenvalue weighted by atomic mass is 10.1. The van der Waals surface area contributed by atoms with Crippen molar-refractivity contribution in [3.05, 3.63) is 48.5 Å². The Morgan fingerprint density at radius 3 is 1.54 bits per heavy atom. The van der Waals surface area contributed by atoms with Crippen molar-refractivity contribution in [3.63, 3.8) is 0 Å². The van der Waals surface area contributed by atoms with Crippen molar-refractivity contribution in [2.75, 3.05) is 21.7 Å². The van der Waals surface area contributed by atoms with Crippen LogP contribution in [0.2, 0.25) is 0 Å². The Kier molecular flexibility index (Phi) is 24.9. The van der Waals surface area contributed by atoms with Crippen molar-refractivity contribution in [1.29, 1.82) is 0 Å². The van der Waals surface area contributed by atoms with E-state index in [4.69, 9.17) is 9.32 Å². The van der Waals surface area contributed by atoms with E-state index in [0.717, 1.165) is 40.5 Å². The van der Waals surface area contributed by atoms with Crippen molar-refractivity contribution >= 4 is 55.0 Å². The molecule has 2 aromatic rings. The average Bonchev–Trinajstić information content (AvgIpc) is 3.05. The molecular formula is C36H60N2O4S4. The molecule has 0 heterocycles. The van der Waals surface area contributed by atoms with Crippen LogP contribution in [0.15, 0.2) is 58.3 Å². The van der Waals surface area contributed by atoms with Gasteiger partial charge in [-0.05, 0) is 37.1 Å². The maximum atomic E-state index is 12.9. The molecule has 0 aliphatic heterocycles. The molecule has 0 atom stereocenters. The molecule has 262 valence electrons. The van der Waals surface area contributed by atoms with Gasteiger partial charge in [-0.25, -0.2) is 13.9 Å². The van der Waals surface area contributed by atoms with Crippen LogP contribution in [0, 0.1) is 0 Å². The zero-order valence-corrected chi connectivity index (χ0v) is 31.7. The molecule has 2 aromatic carbocycles. The fraction of sp³-hybridized carbons (Fsp3) is 0.667. The summed E-state index contributed by atoms with van der Waals surface area (Å²) in [5, 5.41) is 0. The zero-order valence-electron chi connectivity index (χ0n) is 28.4. The first-order chi connectivity index (χ1) is 22.6. The van der Waals surface area contributed by atoms with E-state index in [9.17, 15) is 8.42 Å². The van der Waals surface area contributed by atoms with E-state index < -0.39 is 10.0 Å². The fourth-order valence-corrected chi connectivity index (χ4v) is 9.11. The van der Waals surface area contributed by atoms with Gasteiger partial charge in [0.05, 0.1) is 17.1 Å². The number of hydrogen-bond donors (Lipinski definition) is 2. The second-order valence-corrected chi connectivity index (χ2v) is 16.9. The number of unbranched alkanes of at least 4 members (excludes halogenated alkanes) is 18. The van der Waals surface area contributed by atoms with Crippen LogP contribution in [-0.2, 0) is 19.3 Å². The minimum atomic E-state index is -3.41. The van der Waals surface area contributed by atoms with Crippen LogP contribution in [-0.4, -0.2) is 19.9 Å². The molecule has 0 radical (unpaired) electrons. The second kappa shape index (κ2) is 27.9. The number of hydrogen-bond acceptors (Lipinski definition) is 8. The molecule has 0 unspecified atom stereocenters. The Morgan fingerprint density at radius 1 is 0.565 bits per heavy atom. The van der Waals surface area contributed by atoms with Gasteiger partial charge in [-0.1, -0.05) is 175 Å². The van der Waals surface area contributed by atoms with Crippen LogP contribution in [0.3, 0.4) is 0 Å². The maximum Gasteiger partial charge on any atom is 0.232 e. The summed E-state index contributed by atoms with van der Waals surface area (Å²) in [7, 11) is -0.363. The Hall–Kier alpha value is -1.04. The van der Waals surface area contributed by atoms with Gasteiger partial charge < -0.3 is 0 Å². The topological polar surface area (TPSA) is 76.7 Å². The van der Waals surface area contributed by atoms with E-state index in [-0.39, 0.29) is 5.75 Å². The number of benzene rings is 2. The summed E-state index contributed by atoms with van der Waals surface area (Å²) in [5.41, 5.74) is 4.31. The Labute approximate surface area is 293 Å². The Morgan fingerprint density at radius 2 is 1.00 bits per heavy atom. The molecule has 0 aliphatic rings. The first kappa shape index (κ1) is 41.1. The molecule has 0 bridgehead atoms. The predicted octanol–water partition coefficient (Wildman–Crippen LogP) is 13.0. The van der Waals surface area contributed by atoms with Crippen molar-refractivity contribution in [2.24, 2.45) is 0 Å². The first-order valence-corrected chi connectivity index (χ1v) is 22.5. The lowest BCUT2D eigenvalue weighted by Crippen LogP contribution is -2.17. The molecule has 0 aromatic heterocycles. The largest absolute Gasteiger partial charge is 0.282 e. The fourth-order valence-electron chi connectivity index (χ4n) is 5.10. The molecule has 0 fully saturated rings. The molecule has 10 heteroatoms. The third-order valence-corrected chi connectivity index (χ3v) is 12.3. The zero-order chi connectivity index (χ0) is 33.0. The lowest BCUT2D eigenvalue weighted by molar-refractivity contribution is -0.161. The molecule has 0 saturated heterocycles. The summed E-state index contributed by atoms with van der Waals surface area (Å²) in [6, 6.07) is 15.4. The minimum absolute atomic E-state index is 0.150. The highest BCUT2D eigenvalue weighted by atomic mass is 33.1. The van der Waals surface area contributed by atoms with E-state index in [1.165, 1.54) is 136 Å². The number of sulfonamides is 1. The number of nitrogens with one attached hydrogen (secondary N) is 2. The smallest absolute Gasteiger partial charge is 0.232 e. The number of rotatable bonds is 31. The number of anilines is 2. The maximum absolute atomic E-state index is 12.9. The van der Waals surface area contributed by atoms with E-state index in [1.807, 2.05) is 48.5 Å². The highest BCUT2D eigenvalue weighted by Crippen LogP contribution is 2.43. The van der Waals surface area contributed by atoms with Crippen molar-refractivity contribution in [3.8, 4) is 0 Å². The van der Waals surface area contributed by atoms with Gasteiger partial charge in [0, 0.05) is 27.6 Å². The van der Waals surface area contributed by atoms with Gasteiger partial charge in [0.15, 0.2) is 0 Å². The highest BCUT2D eigenvalue weighted by Gasteiger charge is 2.14. The third-order valence-electron chi connectivity index (χ3n) is 7.84. The summed E-state index contributed by atoms with van der Waals surface area (Å²) in [4.78, 5) is 7.10. The molecule has 0 spiro atoms. The second-order valence-electron chi connectivity index (χ2n) is 12.0. The van der Waals surface area contributed by atoms with Crippen molar-refractivity contribution in [2.45, 2.75) is 152 Å². The van der Waals surface area contributed by atoms with Crippen molar-refractivity contribution in [1.82, 2.24) is 0 Å². The van der Waals surface area contributed by atoms with Gasteiger partial charge >= 0.3 is 0 Å². The molecule has 0 saturated carbocycles. The van der Waals surface area contributed by atoms with Crippen LogP contribution in [0.4, 0.5) is 11.4 Å². The van der Waals surface area contributed by atoms with Gasteiger partial charge in [0.1, 0.15) is 0 Å². The Balaban J connectivity index is 1.64. The van der Waals surface area contributed by atoms with Gasteiger partial charge in [-0.3, -0.25) is 4.72 Å². The standard InChI is InChI=1S/C36H60N2O4S4/c1-3-5-7-9-11-13-15-17-19-25-31-43-42-41-37-33-27-21-23-29-35(33)44-45-36-30-24-22-28-34(36)38-46(39,40)32-26-20-18-16-14-12-10-8-6-4-2/h21-24,27-30,37-38H,3-20,25-26,31-32H2,1-2H3. The van der Waals surface area contributed by atoms with Gasteiger partial charge in [-0.2, -0.15) is 0 Å². The SMILES string of the molecule is CCCCCCCCCCCCSOONc1ccccc1SSc1ccccc1NS(=O)(=O)CCCCCCCCCCCC. The lowest BCUT2D eigenvalue weighted by Gasteiger charge is -2.13. The monoisotopic (exact) mass is 712 g/mol. The molecular weight excluding hydrogens is 653 g/mol. The predicted molar refractivity (Wildman–Crippen MR) is 204 cm³/mol. The van der Waals surface area contributed by atoms with Gasteiger partial charge in [-0.15, -0.1) is 9.32 Å². The molecule has 0 amide bonds. The van der Waals surface area contributed by atoms with E-state index in [1.54, 1.807) is 0 Å². The summed E-state index contributed by atoms with van der Waals surface area (Å²) < 4.78 is 33.8. The van der Waals surface area contributed by atoms with Crippen LogP contribution in [0.5, 0.6) is 0 Å². The molecule has 46 heavy (non-hydrogen) atoms. The van der Waals surface area contributed by atoms with Gasteiger partial charge in [0.25, 0.3) is 0 Å².